The average molecular weight is 265 g/mol. The molecular formula is C11H21ClN2O3. The fourth-order valence-electron chi connectivity index (χ4n) is 1.67. The lowest BCUT2D eigenvalue weighted by Crippen LogP contribution is -2.41. The van der Waals surface area contributed by atoms with Gasteiger partial charge in [0.2, 0.25) is 5.91 Å². The van der Waals surface area contributed by atoms with E-state index in [0.717, 1.165) is 19.4 Å². The van der Waals surface area contributed by atoms with E-state index in [9.17, 15) is 9.59 Å². The molecule has 0 aromatic rings. The number of hydrogen-bond acceptors (Lipinski definition) is 3. The summed E-state index contributed by atoms with van der Waals surface area (Å²) in [6.07, 6.45) is 2.30. The maximum atomic E-state index is 11.5. The first-order valence-electron chi connectivity index (χ1n) is 5.71. The van der Waals surface area contributed by atoms with Crippen LogP contribution in [0.1, 0.15) is 26.7 Å². The standard InChI is InChI=1S/C11H20N2O3.ClH/c1-8(2)6-13(9-3-4-9)7-10(14)12-5-11(15)16;/h8-9H,3-7H2,1-2H3,(H,12,14)(H,15,16);1H. The predicted octanol–water partition coefficient (Wildman–Crippen LogP) is 0.729. The van der Waals surface area contributed by atoms with Crippen molar-refractivity contribution in [2.24, 2.45) is 5.92 Å². The molecule has 2 N–H and O–H groups in total. The molecule has 5 nitrogen and oxygen atoms in total. The Morgan fingerprint density at radius 1 is 1.41 bits per heavy atom. The van der Waals surface area contributed by atoms with Gasteiger partial charge in [-0.1, -0.05) is 13.8 Å². The van der Waals surface area contributed by atoms with Gasteiger partial charge in [0.25, 0.3) is 0 Å². The second-order valence-corrected chi connectivity index (χ2v) is 4.72. The number of rotatable bonds is 7. The Kier molecular flexibility index (Phi) is 7.15. The lowest BCUT2D eigenvalue weighted by Gasteiger charge is -2.23. The van der Waals surface area contributed by atoms with Crippen molar-refractivity contribution in [3.8, 4) is 0 Å². The first-order chi connectivity index (χ1) is 7.49. The van der Waals surface area contributed by atoms with E-state index < -0.39 is 5.97 Å². The third kappa shape index (κ3) is 7.18. The number of carboxylic acid groups (broad SMARTS) is 1. The van der Waals surface area contributed by atoms with E-state index >= 15 is 0 Å². The fourth-order valence-corrected chi connectivity index (χ4v) is 1.67. The van der Waals surface area contributed by atoms with Crippen LogP contribution in [0.3, 0.4) is 0 Å². The van der Waals surface area contributed by atoms with E-state index in [4.69, 9.17) is 5.11 Å². The lowest BCUT2D eigenvalue weighted by atomic mass is 10.2. The fraction of sp³-hybridized carbons (Fsp3) is 0.818. The minimum Gasteiger partial charge on any atom is -0.480 e. The topological polar surface area (TPSA) is 69.6 Å². The van der Waals surface area contributed by atoms with E-state index in [1.165, 1.54) is 0 Å². The van der Waals surface area contributed by atoms with Crippen LogP contribution >= 0.6 is 12.4 Å². The highest BCUT2D eigenvalue weighted by molar-refractivity contribution is 5.85. The van der Waals surface area contributed by atoms with Crippen molar-refractivity contribution in [2.45, 2.75) is 32.7 Å². The normalized spacial score (nSPS) is 14.6. The largest absolute Gasteiger partial charge is 0.480 e. The van der Waals surface area contributed by atoms with Gasteiger partial charge in [0, 0.05) is 12.6 Å². The summed E-state index contributed by atoms with van der Waals surface area (Å²) >= 11 is 0. The molecule has 1 aliphatic rings. The quantitative estimate of drug-likeness (QED) is 0.711. The molecule has 0 bridgehead atoms. The Hall–Kier alpha value is -0.810. The summed E-state index contributed by atoms with van der Waals surface area (Å²) in [4.78, 5) is 23.9. The molecule has 0 radical (unpaired) electrons. The van der Waals surface area contributed by atoms with Crippen LogP contribution < -0.4 is 5.32 Å². The molecule has 0 saturated heterocycles. The second-order valence-electron chi connectivity index (χ2n) is 4.72. The molecule has 1 saturated carbocycles. The molecule has 1 amide bonds. The molecule has 0 aromatic heterocycles. The highest BCUT2D eigenvalue weighted by Gasteiger charge is 2.30. The Balaban J connectivity index is 0.00000256. The second kappa shape index (κ2) is 7.50. The molecule has 0 unspecified atom stereocenters. The summed E-state index contributed by atoms with van der Waals surface area (Å²) in [7, 11) is 0. The predicted molar refractivity (Wildman–Crippen MR) is 67.3 cm³/mol. The molecule has 17 heavy (non-hydrogen) atoms. The van der Waals surface area contributed by atoms with Gasteiger partial charge in [-0.15, -0.1) is 12.4 Å². The average Bonchev–Trinajstić information content (AvgIpc) is 2.96. The zero-order valence-electron chi connectivity index (χ0n) is 10.3. The molecule has 1 fully saturated rings. The summed E-state index contributed by atoms with van der Waals surface area (Å²) in [6, 6.07) is 0.526. The number of nitrogens with one attached hydrogen (secondary N) is 1. The van der Waals surface area contributed by atoms with Crippen LogP contribution in [0.25, 0.3) is 0 Å². The molecule has 0 atom stereocenters. The van der Waals surface area contributed by atoms with Gasteiger partial charge in [0.05, 0.1) is 6.54 Å². The van der Waals surface area contributed by atoms with Gasteiger partial charge in [0.15, 0.2) is 0 Å². The molecule has 1 aliphatic carbocycles. The van der Waals surface area contributed by atoms with Gasteiger partial charge >= 0.3 is 5.97 Å². The molecule has 0 heterocycles. The molecule has 0 aromatic carbocycles. The SMILES string of the molecule is CC(C)CN(CC(=O)NCC(=O)O)C1CC1.Cl. The van der Waals surface area contributed by atoms with Crippen LogP contribution in [0.2, 0.25) is 0 Å². The summed E-state index contributed by atoms with van der Waals surface area (Å²) in [5.74, 6) is -0.682. The van der Waals surface area contributed by atoms with Gasteiger partial charge in [-0.3, -0.25) is 14.5 Å². The van der Waals surface area contributed by atoms with Gasteiger partial charge in [-0.2, -0.15) is 0 Å². The summed E-state index contributed by atoms with van der Waals surface area (Å²) in [6.45, 7) is 5.15. The van der Waals surface area contributed by atoms with Crippen molar-refractivity contribution in [3.05, 3.63) is 0 Å². The number of carbonyl (C=O) groups is 2. The third-order valence-corrected chi connectivity index (χ3v) is 2.45. The Bertz CT molecular complexity index is 267. The number of amides is 1. The lowest BCUT2D eigenvalue weighted by molar-refractivity contribution is -0.138. The molecule has 1 rings (SSSR count). The molecule has 6 heteroatoms. The van der Waals surface area contributed by atoms with E-state index in [-0.39, 0.29) is 24.9 Å². The van der Waals surface area contributed by atoms with Crippen molar-refractivity contribution < 1.29 is 14.7 Å². The molecule has 100 valence electrons. The first-order valence-corrected chi connectivity index (χ1v) is 5.71. The zero-order chi connectivity index (χ0) is 12.1. The molecule has 0 aliphatic heterocycles. The van der Waals surface area contributed by atoms with Crippen LogP contribution in [-0.4, -0.2) is 47.6 Å². The Morgan fingerprint density at radius 3 is 2.41 bits per heavy atom. The highest BCUT2D eigenvalue weighted by atomic mass is 35.5. The van der Waals surface area contributed by atoms with Crippen molar-refractivity contribution in [2.75, 3.05) is 19.6 Å². The van der Waals surface area contributed by atoms with Crippen molar-refractivity contribution in [3.63, 3.8) is 0 Å². The van der Waals surface area contributed by atoms with Gasteiger partial charge in [-0.25, -0.2) is 0 Å². The van der Waals surface area contributed by atoms with Crippen LogP contribution in [0.4, 0.5) is 0 Å². The number of carboxylic acids is 1. The monoisotopic (exact) mass is 264 g/mol. The Morgan fingerprint density at radius 2 is 2.00 bits per heavy atom. The highest BCUT2D eigenvalue weighted by Crippen LogP contribution is 2.27. The van der Waals surface area contributed by atoms with E-state index in [1.54, 1.807) is 0 Å². The van der Waals surface area contributed by atoms with Crippen molar-refractivity contribution in [1.82, 2.24) is 10.2 Å². The van der Waals surface area contributed by atoms with E-state index in [0.29, 0.717) is 18.5 Å². The first kappa shape index (κ1) is 16.2. The number of aliphatic carboxylic acids is 1. The van der Waals surface area contributed by atoms with Crippen molar-refractivity contribution >= 4 is 24.3 Å². The zero-order valence-corrected chi connectivity index (χ0v) is 11.1. The van der Waals surface area contributed by atoms with Gasteiger partial charge < -0.3 is 10.4 Å². The van der Waals surface area contributed by atoms with Crippen LogP contribution in [0.15, 0.2) is 0 Å². The Labute approximate surface area is 108 Å². The van der Waals surface area contributed by atoms with Crippen molar-refractivity contribution in [1.29, 1.82) is 0 Å². The maximum Gasteiger partial charge on any atom is 0.322 e. The van der Waals surface area contributed by atoms with Crippen LogP contribution in [-0.2, 0) is 9.59 Å². The minimum absolute atomic E-state index is 0. The summed E-state index contributed by atoms with van der Waals surface area (Å²) < 4.78 is 0. The van der Waals surface area contributed by atoms with Gasteiger partial charge in [0.1, 0.15) is 6.54 Å². The third-order valence-electron chi connectivity index (χ3n) is 2.45. The molecule has 0 spiro atoms. The summed E-state index contributed by atoms with van der Waals surface area (Å²) in [5.41, 5.74) is 0. The molecular weight excluding hydrogens is 244 g/mol. The van der Waals surface area contributed by atoms with Crippen LogP contribution in [0, 0.1) is 5.92 Å². The van der Waals surface area contributed by atoms with Crippen LogP contribution in [0.5, 0.6) is 0 Å². The number of nitrogens with zero attached hydrogens (tertiary/aromatic N) is 1. The van der Waals surface area contributed by atoms with E-state index in [1.807, 2.05) is 0 Å². The maximum absolute atomic E-state index is 11.5. The number of carbonyl (C=O) groups excluding carboxylic acids is 1. The van der Waals surface area contributed by atoms with Gasteiger partial charge in [-0.05, 0) is 18.8 Å². The number of hydrogen-bond donors (Lipinski definition) is 2. The smallest absolute Gasteiger partial charge is 0.322 e. The number of halogens is 1. The minimum atomic E-state index is -1.00. The summed E-state index contributed by atoms with van der Waals surface area (Å²) in [5, 5.41) is 10.8. The van der Waals surface area contributed by atoms with E-state index in [2.05, 4.69) is 24.1 Å².